The highest BCUT2D eigenvalue weighted by molar-refractivity contribution is 8.01. The molecule has 0 amide bonds. The highest BCUT2D eigenvalue weighted by Crippen LogP contribution is 2.27. The van der Waals surface area contributed by atoms with E-state index in [2.05, 4.69) is 9.97 Å². The highest BCUT2D eigenvalue weighted by atomic mass is 32.2. The van der Waals surface area contributed by atoms with Gasteiger partial charge >= 0.3 is 5.97 Å². The third-order valence-electron chi connectivity index (χ3n) is 4.19. The van der Waals surface area contributed by atoms with E-state index in [9.17, 15) is 14.4 Å². The van der Waals surface area contributed by atoms with Crippen molar-refractivity contribution >= 4 is 45.5 Å². The zero-order valence-electron chi connectivity index (χ0n) is 15.9. The van der Waals surface area contributed by atoms with Crippen LogP contribution in [0.4, 0.5) is 0 Å². The lowest BCUT2D eigenvalue weighted by Gasteiger charge is -2.15. The van der Waals surface area contributed by atoms with Crippen molar-refractivity contribution in [1.29, 1.82) is 0 Å². The minimum atomic E-state index is -1.09. The number of aromatic amines is 1. The SMILES string of the molecule is CCOC(=O)[C@@H](Sc1nc2c([nH]c3ccccc32)c(=O)n1CCOC)C(C)=O. The van der Waals surface area contributed by atoms with Crippen molar-refractivity contribution in [1.82, 2.24) is 14.5 Å². The second-order valence-electron chi connectivity index (χ2n) is 6.10. The van der Waals surface area contributed by atoms with E-state index in [4.69, 9.17) is 9.47 Å². The van der Waals surface area contributed by atoms with E-state index in [1.165, 1.54) is 18.6 Å². The average Bonchev–Trinajstić information content (AvgIpc) is 3.04. The van der Waals surface area contributed by atoms with Gasteiger partial charge in [0.15, 0.2) is 16.2 Å². The van der Waals surface area contributed by atoms with Crippen molar-refractivity contribution < 1.29 is 19.1 Å². The van der Waals surface area contributed by atoms with Gasteiger partial charge in [-0.25, -0.2) is 4.98 Å². The zero-order chi connectivity index (χ0) is 20.3. The largest absolute Gasteiger partial charge is 0.465 e. The number of H-pyrrole nitrogens is 1. The number of rotatable bonds is 8. The Kier molecular flexibility index (Phi) is 6.15. The Morgan fingerprint density at radius 3 is 2.75 bits per heavy atom. The van der Waals surface area contributed by atoms with Gasteiger partial charge in [-0.1, -0.05) is 30.0 Å². The van der Waals surface area contributed by atoms with Gasteiger partial charge in [0.1, 0.15) is 11.0 Å². The van der Waals surface area contributed by atoms with E-state index in [-0.39, 0.29) is 36.3 Å². The van der Waals surface area contributed by atoms with Gasteiger partial charge in [0.25, 0.3) is 5.56 Å². The van der Waals surface area contributed by atoms with Crippen LogP contribution in [0.3, 0.4) is 0 Å². The molecule has 0 radical (unpaired) electrons. The number of hydrogen-bond donors (Lipinski definition) is 1. The number of para-hydroxylation sites is 1. The summed E-state index contributed by atoms with van der Waals surface area (Å²) in [5.74, 6) is -1.01. The number of aromatic nitrogens is 3. The Hall–Kier alpha value is -2.65. The van der Waals surface area contributed by atoms with Crippen LogP contribution in [-0.4, -0.2) is 51.9 Å². The number of hydrogen-bond acceptors (Lipinski definition) is 7. The summed E-state index contributed by atoms with van der Waals surface area (Å²) in [6.07, 6.45) is 0. The standard InChI is InChI=1S/C19H21N3O5S/c1-4-27-18(25)16(11(2)23)28-19-21-14-12-7-5-6-8-13(12)20-15(14)17(24)22(19)9-10-26-3/h5-8,16,20H,4,9-10H2,1-3H3/t16-/m0/s1. The average molecular weight is 403 g/mol. The fraction of sp³-hybridized carbons (Fsp3) is 0.368. The minimum Gasteiger partial charge on any atom is -0.465 e. The van der Waals surface area contributed by atoms with Crippen molar-refractivity contribution in [3.8, 4) is 0 Å². The lowest BCUT2D eigenvalue weighted by Crippen LogP contribution is -2.30. The predicted octanol–water partition coefficient (Wildman–Crippen LogP) is 2.14. The molecule has 0 saturated heterocycles. The molecule has 0 fully saturated rings. The fourth-order valence-corrected chi connectivity index (χ4v) is 3.85. The molecular weight excluding hydrogens is 382 g/mol. The first kappa shape index (κ1) is 20.1. The third kappa shape index (κ3) is 3.81. The van der Waals surface area contributed by atoms with Crippen molar-refractivity contribution in [2.75, 3.05) is 20.3 Å². The maximum absolute atomic E-state index is 13.1. The monoisotopic (exact) mass is 403 g/mol. The Bertz CT molecular complexity index is 1090. The smallest absolute Gasteiger partial charge is 0.327 e. The molecule has 2 heterocycles. The van der Waals surface area contributed by atoms with E-state index in [1.54, 1.807) is 6.92 Å². The maximum Gasteiger partial charge on any atom is 0.327 e. The molecule has 1 aromatic carbocycles. The van der Waals surface area contributed by atoms with Gasteiger partial charge < -0.3 is 14.5 Å². The Morgan fingerprint density at radius 1 is 1.32 bits per heavy atom. The molecular formula is C19H21N3O5S. The lowest BCUT2D eigenvalue weighted by molar-refractivity contribution is -0.144. The summed E-state index contributed by atoms with van der Waals surface area (Å²) >= 11 is 0.921. The zero-order valence-corrected chi connectivity index (χ0v) is 16.7. The molecule has 0 aliphatic heterocycles. The van der Waals surface area contributed by atoms with Crippen LogP contribution in [0.15, 0.2) is 34.2 Å². The fourth-order valence-electron chi connectivity index (χ4n) is 2.87. The summed E-state index contributed by atoms with van der Waals surface area (Å²) in [5, 5.41) is -0.0262. The molecule has 0 bridgehead atoms. The number of esters is 1. The van der Waals surface area contributed by atoms with E-state index in [0.29, 0.717) is 11.0 Å². The molecule has 0 spiro atoms. The Morgan fingerprint density at radius 2 is 2.07 bits per heavy atom. The summed E-state index contributed by atoms with van der Waals surface area (Å²) in [6, 6.07) is 7.45. The molecule has 0 saturated carbocycles. The van der Waals surface area contributed by atoms with Gasteiger partial charge in [-0.15, -0.1) is 0 Å². The molecule has 2 aromatic heterocycles. The molecule has 1 atom stereocenters. The van der Waals surface area contributed by atoms with Crippen LogP contribution < -0.4 is 5.56 Å². The number of thioether (sulfide) groups is 1. The molecule has 28 heavy (non-hydrogen) atoms. The van der Waals surface area contributed by atoms with E-state index in [0.717, 1.165) is 22.7 Å². The van der Waals surface area contributed by atoms with Crippen LogP contribution in [0.1, 0.15) is 13.8 Å². The van der Waals surface area contributed by atoms with Crippen molar-refractivity contribution in [3.05, 3.63) is 34.6 Å². The van der Waals surface area contributed by atoms with Gasteiger partial charge in [0.05, 0.1) is 19.8 Å². The molecule has 0 aliphatic rings. The second-order valence-corrected chi connectivity index (χ2v) is 7.17. The first-order chi connectivity index (χ1) is 13.5. The van der Waals surface area contributed by atoms with E-state index < -0.39 is 11.2 Å². The molecule has 0 unspecified atom stereocenters. The van der Waals surface area contributed by atoms with Crippen molar-refractivity contribution in [2.24, 2.45) is 0 Å². The number of fused-ring (bicyclic) bond motifs is 3. The lowest BCUT2D eigenvalue weighted by atomic mass is 10.2. The highest BCUT2D eigenvalue weighted by Gasteiger charge is 2.29. The first-order valence-corrected chi connectivity index (χ1v) is 9.69. The topological polar surface area (TPSA) is 103 Å². The second kappa shape index (κ2) is 8.57. The quantitative estimate of drug-likeness (QED) is 0.266. The van der Waals surface area contributed by atoms with Gasteiger partial charge in [0, 0.05) is 18.0 Å². The first-order valence-electron chi connectivity index (χ1n) is 8.81. The van der Waals surface area contributed by atoms with Crippen LogP contribution in [0.25, 0.3) is 21.9 Å². The normalized spacial score (nSPS) is 12.4. The molecule has 9 heteroatoms. The van der Waals surface area contributed by atoms with Gasteiger partial charge in [-0.2, -0.15) is 0 Å². The number of ether oxygens (including phenoxy) is 2. The number of carbonyl (C=O) groups excluding carboxylic acids is 2. The molecule has 0 aliphatic carbocycles. The minimum absolute atomic E-state index is 0.161. The number of nitrogens with one attached hydrogen (secondary N) is 1. The van der Waals surface area contributed by atoms with Crippen LogP contribution in [0.2, 0.25) is 0 Å². The summed E-state index contributed by atoms with van der Waals surface area (Å²) < 4.78 is 11.5. The number of benzene rings is 1. The van der Waals surface area contributed by atoms with Gasteiger partial charge in [-0.05, 0) is 19.9 Å². The summed E-state index contributed by atoms with van der Waals surface area (Å²) in [7, 11) is 1.53. The van der Waals surface area contributed by atoms with Crippen LogP contribution in [0.5, 0.6) is 0 Å². The van der Waals surface area contributed by atoms with Crippen molar-refractivity contribution in [3.63, 3.8) is 0 Å². The van der Waals surface area contributed by atoms with Crippen LogP contribution in [-0.2, 0) is 25.6 Å². The molecule has 8 nitrogen and oxygen atoms in total. The number of methoxy groups -OCH3 is 1. The van der Waals surface area contributed by atoms with E-state index in [1.807, 2.05) is 24.3 Å². The number of Topliss-reactive ketones (excluding diaryl/α,β-unsaturated/α-hetero) is 1. The number of carbonyl (C=O) groups is 2. The van der Waals surface area contributed by atoms with Crippen LogP contribution in [0, 0.1) is 0 Å². The van der Waals surface area contributed by atoms with Crippen LogP contribution >= 0.6 is 11.8 Å². The number of ketones is 1. The van der Waals surface area contributed by atoms with Gasteiger partial charge in [0.2, 0.25) is 0 Å². The summed E-state index contributed by atoms with van der Waals surface area (Å²) in [5.41, 5.74) is 1.38. The molecule has 148 valence electrons. The van der Waals surface area contributed by atoms with E-state index >= 15 is 0 Å². The summed E-state index contributed by atoms with van der Waals surface area (Å²) in [6.45, 7) is 3.67. The van der Waals surface area contributed by atoms with Gasteiger partial charge in [-0.3, -0.25) is 19.0 Å². The maximum atomic E-state index is 13.1. The third-order valence-corrected chi connectivity index (χ3v) is 5.47. The number of nitrogens with zero attached hydrogens (tertiary/aromatic N) is 2. The molecule has 3 aromatic rings. The Labute approximate surface area is 165 Å². The molecule has 1 N–H and O–H groups in total. The Balaban J connectivity index is 2.17. The predicted molar refractivity (Wildman–Crippen MR) is 107 cm³/mol. The summed E-state index contributed by atoms with van der Waals surface area (Å²) in [4.78, 5) is 45.1. The van der Waals surface area contributed by atoms with Crippen molar-refractivity contribution in [2.45, 2.75) is 30.8 Å². The molecule has 3 rings (SSSR count).